The number of halogens is 1. The van der Waals surface area contributed by atoms with Gasteiger partial charge in [-0.3, -0.25) is 10.2 Å². The van der Waals surface area contributed by atoms with Crippen molar-refractivity contribution in [2.45, 2.75) is 90.4 Å². The summed E-state index contributed by atoms with van der Waals surface area (Å²) in [5, 5.41) is 8.53. The number of primary amides is 1. The van der Waals surface area contributed by atoms with E-state index in [4.69, 9.17) is 5.11 Å². The summed E-state index contributed by atoms with van der Waals surface area (Å²) in [6.45, 7) is 2.24. The summed E-state index contributed by atoms with van der Waals surface area (Å²) in [6, 6.07) is -0.718. The van der Waals surface area contributed by atoms with Crippen LogP contribution < -0.4 is 17.0 Å². The molecule has 170 valence electrons. The number of carboxylic acid groups (broad SMARTS) is 1. The van der Waals surface area contributed by atoms with Gasteiger partial charge in [0.25, 0.3) is 0 Å². The molecule has 1 fully saturated rings. The molecule has 0 aromatic rings. The summed E-state index contributed by atoms with van der Waals surface area (Å²) in [6.07, 6.45) is 17.8. The van der Waals surface area contributed by atoms with Crippen LogP contribution in [0.4, 0.5) is 4.79 Å². The molecular formula is C21H40ClN3O4. The van der Waals surface area contributed by atoms with Crippen LogP contribution in [-0.2, 0) is 9.59 Å². The van der Waals surface area contributed by atoms with E-state index in [9.17, 15) is 14.4 Å². The minimum atomic E-state index is -0.880. The van der Waals surface area contributed by atoms with Crippen molar-refractivity contribution in [3.05, 3.63) is 12.2 Å². The zero-order valence-electron chi connectivity index (χ0n) is 17.7. The van der Waals surface area contributed by atoms with Gasteiger partial charge in [-0.05, 0) is 38.0 Å². The number of allylic oxidation sites excluding steroid dienone is 1. The molecule has 6 N–H and O–H groups in total. The fraction of sp³-hybridized carbons (Fsp3) is 0.762. The number of Topliss-reactive ketones (excluding diaryl/α,β-unsaturated/α-hetero) is 1. The standard InChI is InChI=1S/C20H34O3.CH5N3O.ClH/c1-2-3-4-5-6-9-12-17-15-16-19(21)18(17)13-10-7-8-11-14-20(22)23;2-1(5)4-3;/h11,14,17-18H,2-10,12-13,15-16H2,1H3,(H,22,23);3H2,(H3,2,4,5);1H/t17-,18+;;/m0../s1. The van der Waals surface area contributed by atoms with Crippen molar-refractivity contribution in [3.8, 4) is 0 Å². The van der Waals surface area contributed by atoms with Crippen LogP contribution in [-0.4, -0.2) is 22.9 Å². The highest BCUT2D eigenvalue weighted by atomic mass is 35.5. The zero-order valence-corrected chi connectivity index (χ0v) is 18.6. The van der Waals surface area contributed by atoms with Crippen LogP contribution in [0.3, 0.4) is 0 Å². The molecule has 0 spiro atoms. The maximum atomic E-state index is 12.1. The molecule has 8 heteroatoms. The van der Waals surface area contributed by atoms with E-state index in [0.717, 1.165) is 38.5 Å². The number of carbonyl (C=O) groups excluding carboxylic acids is 2. The number of unbranched alkanes of at least 4 members (excludes halogenated alkanes) is 7. The van der Waals surface area contributed by atoms with Crippen LogP contribution in [0.25, 0.3) is 0 Å². The Morgan fingerprint density at radius 2 is 1.69 bits per heavy atom. The number of nitrogens with two attached hydrogens (primary N) is 2. The van der Waals surface area contributed by atoms with Crippen molar-refractivity contribution in [1.29, 1.82) is 0 Å². The fourth-order valence-corrected chi connectivity index (χ4v) is 3.72. The Kier molecular flexibility index (Phi) is 20.1. The van der Waals surface area contributed by atoms with E-state index < -0.39 is 12.0 Å². The second-order valence-corrected chi connectivity index (χ2v) is 7.46. The van der Waals surface area contributed by atoms with Crippen molar-refractivity contribution in [2.75, 3.05) is 0 Å². The molecule has 29 heavy (non-hydrogen) atoms. The normalized spacial score (nSPS) is 18.1. The predicted molar refractivity (Wildman–Crippen MR) is 119 cm³/mol. The van der Waals surface area contributed by atoms with Gasteiger partial charge in [0.05, 0.1) is 0 Å². The highest BCUT2D eigenvalue weighted by molar-refractivity contribution is 5.85. The number of nitrogens with one attached hydrogen (secondary N) is 1. The summed E-state index contributed by atoms with van der Waals surface area (Å²) < 4.78 is 0. The second kappa shape index (κ2) is 19.7. The Morgan fingerprint density at radius 3 is 2.28 bits per heavy atom. The molecule has 0 unspecified atom stereocenters. The Bertz CT molecular complexity index is 487. The lowest BCUT2D eigenvalue weighted by Crippen LogP contribution is -2.34. The smallest absolute Gasteiger partial charge is 0.327 e. The summed E-state index contributed by atoms with van der Waals surface area (Å²) in [7, 11) is 0. The Morgan fingerprint density at radius 1 is 1.10 bits per heavy atom. The van der Waals surface area contributed by atoms with Crippen molar-refractivity contribution < 1.29 is 19.5 Å². The molecule has 2 atom stereocenters. The van der Waals surface area contributed by atoms with Gasteiger partial charge in [-0.1, -0.05) is 57.9 Å². The first-order valence-electron chi connectivity index (χ1n) is 10.6. The van der Waals surface area contributed by atoms with E-state index in [1.165, 1.54) is 51.0 Å². The summed E-state index contributed by atoms with van der Waals surface area (Å²) in [5.41, 5.74) is 6.08. The molecule has 0 heterocycles. The van der Waals surface area contributed by atoms with E-state index in [1.54, 1.807) is 11.5 Å². The third kappa shape index (κ3) is 17.0. The molecule has 0 radical (unpaired) electrons. The van der Waals surface area contributed by atoms with Crippen LogP contribution in [0.2, 0.25) is 0 Å². The van der Waals surface area contributed by atoms with Crippen LogP contribution in [0.15, 0.2) is 12.2 Å². The molecule has 2 amide bonds. The first-order valence-corrected chi connectivity index (χ1v) is 10.6. The number of amides is 2. The molecule has 1 rings (SSSR count). The number of hydrogen-bond acceptors (Lipinski definition) is 4. The van der Waals surface area contributed by atoms with E-state index in [0.29, 0.717) is 11.7 Å². The molecule has 1 saturated carbocycles. The lowest BCUT2D eigenvalue weighted by atomic mass is 9.86. The van der Waals surface area contributed by atoms with Gasteiger partial charge in [-0.25, -0.2) is 15.4 Å². The number of ketones is 1. The van der Waals surface area contributed by atoms with Gasteiger partial charge in [0.2, 0.25) is 0 Å². The van der Waals surface area contributed by atoms with Crippen molar-refractivity contribution in [3.63, 3.8) is 0 Å². The van der Waals surface area contributed by atoms with Gasteiger partial charge in [0, 0.05) is 18.4 Å². The number of carboxylic acids is 1. The highest BCUT2D eigenvalue weighted by Gasteiger charge is 2.33. The van der Waals surface area contributed by atoms with Gasteiger partial charge in [0.1, 0.15) is 5.78 Å². The fourth-order valence-electron chi connectivity index (χ4n) is 3.72. The van der Waals surface area contributed by atoms with Crippen LogP contribution in [0, 0.1) is 11.8 Å². The first kappa shape index (κ1) is 29.6. The largest absolute Gasteiger partial charge is 0.478 e. The van der Waals surface area contributed by atoms with E-state index in [2.05, 4.69) is 18.5 Å². The van der Waals surface area contributed by atoms with Gasteiger partial charge in [-0.15, -0.1) is 12.4 Å². The molecule has 0 aromatic carbocycles. The van der Waals surface area contributed by atoms with Crippen LogP contribution >= 0.6 is 12.4 Å². The molecule has 7 nitrogen and oxygen atoms in total. The lowest BCUT2D eigenvalue weighted by Gasteiger charge is -2.18. The summed E-state index contributed by atoms with van der Waals surface area (Å²) in [4.78, 5) is 31.8. The maximum Gasteiger partial charge on any atom is 0.327 e. The number of hydrogen-bond donors (Lipinski definition) is 4. The van der Waals surface area contributed by atoms with Crippen LogP contribution in [0.5, 0.6) is 0 Å². The number of aliphatic carboxylic acids is 1. The number of hydrazine groups is 1. The second-order valence-electron chi connectivity index (χ2n) is 7.46. The third-order valence-electron chi connectivity index (χ3n) is 5.21. The monoisotopic (exact) mass is 433 g/mol. The van der Waals surface area contributed by atoms with Crippen molar-refractivity contribution in [1.82, 2.24) is 5.43 Å². The van der Waals surface area contributed by atoms with E-state index in [1.807, 2.05) is 0 Å². The minimum Gasteiger partial charge on any atom is -0.478 e. The molecule has 0 bridgehead atoms. The number of rotatable bonds is 13. The number of urea groups is 1. The molecule has 0 saturated heterocycles. The molecule has 0 aliphatic heterocycles. The van der Waals surface area contributed by atoms with Crippen molar-refractivity contribution >= 4 is 30.2 Å². The SMILES string of the molecule is CCCCCCCC[C@H]1CCC(=O)[C@@H]1CCCCC=CC(=O)O.Cl.NNC(N)=O. The topological polar surface area (TPSA) is 136 Å². The Balaban J connectivity index is 0. The summed E-state index contributed by atoms with van der Waals surface area (Å²) in [5.74, 6) is 4.94. The first-order chi connectivity index (χ1) is 13.4. The Hall–Kier alpha value is -1.60. The van der Waals surface area contributed by atoms with Gasteiger partial charge in [0.15, 0.2) is 0 Å². The molecule has 1 aliphatic rings. The highest BCUT2D eigenvalue weighted by Crippen LogP contribution is 2.36. The van der Waals surface area contributed by atoms with Gasteiger partial charge in [-0.2, -0.15) is 0 Å². The summed E-state index contributed by atoms with van der Waals surface area (Å²) >= 11 is 0. The van der Waals surface area contributed by atoms with E-state index in [-0.39, 0.29) is 18.3 Å². The third-order valence-corrected chi connectivity index (χ3v) is 5.21. The van der Waals surface area contributed by atoms with Crippen LogP contribution in [0.1, 0.15) is 90.4 Å². The molecule has 0 aromatic heterocycles. The lowest BCUT2D eigenvalue weighted by molar-refractivity contribution is -0.131. The molecule has 1 aliphatic carbocycles. The average molecular weight is 434 g/mol. The van der Waals surface area contributed by atoms with Crippen molar-refractivity contribution in [2.24, 2.45) is 23.4 Å². The number of carbonyl (C=O) groups is 3. The minimum absolute atomic E-state index is 0. The maximum absolute atomic E-state index is 12.1. The molecular weight excluding hydrogens is 394 g/mol. The zero-order chi connectivity index (χ0) is 21.2. The Labute approximate surface area is 181 Å². The van der Waals surface area contributed by atoms with Gasteiger partial charge >= 0.3 is 12.0 Å². The predicted octanol–water partition coefficient (Wildman–Crippen LogP) is 4.48. The quantitative estimate of drug-likeness (QED) is 0.111. The average Bonchev–Trinajstić information content (AvgIpc) is 3.01. The van der Waals surface area contributed by atoms with E-state index >= 15 is 0 Å². The van der Waals surface area contributed by atoms with Gasteiger partial charge < -0.3 is 10.8 Å².